The fraction of sp³-hybridized carbons (Fsp3) is 0.588. The predicted octanol–water partition coefficient (Wildman–Crippen LogP) is 4.54. The van der Waals surface area contributed by atoms with Crippen LogP contribution in [0.5, 0.6) is 0 Å². The van der Waals surface area contributed by atoms with E-state index in [1.54, 1.807) is 0 Å². The van der Waals surface area contributed by atoms with E-state index in [4.69, 9.17) is 5.11 Å². The maximum Gasteiger partial charge on any atom is 0.335 e. The second-order valence-electron chi connectivity index (χ2n) is 6.66. The monoisotopic (exact) mass is 293 g/mol. The van der Waals surface area contributed by atoms with Crippen molar-refractivity contribution in [2.24, 2.45) is 11.3 Å². The molecular formula is C17H24FNO2. The quantitative estimate of drug-likeness (QED) is 0.809. The zero-order valence-corrected chi connectivity index (χ0v) is 12.8. The van der Waals surface area contributed by atoms with Gasteiger partial charge in [-0.1, -0.05) is 26.7 Å². The summed E-state index contributed by atoms with van der Waals surface area (Å²) in [6.45, 7) is 5.21. The normalized spacial score (nSPS) is 17.1. The minimum absolute atomic E-state index is 0.0178. The van der Waals surface area contributed by atoms with Crippen molar-refractivity contribution in [2.75, 3.05) is 11.9 Å². The van der Waals surface area contributed by atoms with Crippen LogP contribution in [0.2, 0.25) is 0 Å². The van der Waals surface area contributed by atoms with Gasteiger partial charge in [0.1, 0.15) is 5.82 Å². The number of carboxylic acids is 1. The highest BCUT2D eigenvalue weighted by atomic mass is 19.1. The molecule has 0 saturated heterocycles. The lowest BCUT2D eigenvalue weighted by molar-refractivity contribution is 0.0696. The Kier molecular flexibility index (Phi) is 4.86. The lowest BCUT2D eigenvalue weighted by Gasteiger charge is -2.31. The van der Waals surface area contributed by atoms with Crippen LogP contribution in [0.25, 0.3) is 0 Å². The lowest BCUT2D eigenvalue weighted by Crippen LogP contribution is -2.28. The van der Waals surface area contributed by atoms with Crippen LogP contribution in [0, 0.1) is 17.2 Å². The van der Waals surface area contributed by atoms with E-state index in [0.717, 1.165) is 19.0 Å². The molecule has 0 unspecified atom stereocenters. The summed E-state index contributed by atoms with van der Waals surface area (Å²) in [6, 6.07) is 4.04. The Morgan fingerprint density at radius 3 is 2.57 bits per heavy atom. The number of hydrogen-bond donors (Lipinski definition) is 2. The Balaban J connectivity index is 2.06. The largest absolute Gasteiger partial charge is 0.478 e. The lowest BCUT2D eigenvalue weighted by atomic mass is 9.78. The summed E-state index contributed by atoms with van der Waals surface area (Å²) < 4.78 is 13.9. The molecule has 2 N–H and O–H groups in total. The van der Waals surface area contributed by atoms with Gasteiger partial charge in [-0.15, -0.1) is 0 Å². The van der Waals surface area contributed by atoms with Gasteiger partial charge in [0.15, 0.2) is 0 Å². The second kappa shape index (κ2) is 6.46. The average molecular weight is 293 g/mol. The predicted molar refractivity (Wildman–Crippen MR) is 82.2 cm³/mol. The molecule has 3 nitrogen and oxygen atoms in total. The first-order chi connectivity index (χ1) is 9.92. The SMILES string of the molecule is CC(C)CC1(CNc2ccc(C(=O)O)cc2F)CCCC1. The van der Waals surface area contributed by atoms with Gasteiger partial charge in [-0.25, -0.2) is 9.18 Å². The number of rotatable bonds is 6. The summed E-state index contributed by atoms with van der Waals surface area (Å²) >= 11 is 0. The van der Waals surface area contributed by atoms with Crippen molar-refractivity contribution in [3.05, 3.63) is 29.6 Å². The molecule has 1 aromatic rings. The van der Waals surface area contributed by atoms with Crippen molar-refractivity contribution < 1.29 is 14.3 Å². The molecule has 0 aromatic heterocycles. The molecule has 1 aliphatic rings. The van der Waals surface area contributed by atoms with E-state index in [1.807, 2.05) is 0 Å². The van der Waals surface area contributed by atoms with E-state index in [2.05, 4.69) is 19.2 Å². The standard InChI is InChI=1S/C17H24FNO2/c1-12(2)10-17(7-3-4-8-17)11-19-15-6-5-13(16(20)21)9-14(15)18/h5-6,9,12,19H,3-4,7-8,10-11H2,1-2H3,(H,20,21). The van der Waals surface area contributed by atoms with Gasteiger partial charge < -0.3 is 10.4 Å². The molecule has 1 fully saturated rings. The number of carboxylic acid groups (broad SMARTS) is 1. The van der Waals surface area contributed by atoms with Crippen molar-refractivity contribution in [3.63, 3.8) is 0 Å². The third-order valence-corrected chi connectivity index (χ3v) is 4.38. The fourth-order valence-electron chi connectivity index (χ4n) is 3.52. The molecule has 0 radical (unpaired) electrons. The highest BCUT2D eigenvalue weighted by molar-refractivity contribution is 5.88. The molecular weight excluding hydrogens is 269 g/mol. The maximum atomic E-state index is 13.9. The van der Waals surface area contributed by atoms with Gasteiger partial charge in [-0.3, -0.25) is 0 Å². The van der Waals surface area contributed by atoms with Crippen LogP contribution in [0.15, 0.2) is 18.2 Å². The smallest absolute Gasteiger partial charge is 0.335 e. The van der Waals surface area contributed by atoms with Crippen molar-refractivity contribution >= 4 is 11.7 Å². The zero-order valence-electron chi connectivity index (χ0n) is 12.8. The summed E-state index contributed by atoms with van der Waals surface area (Å²) in [7, 11) is 0. The van der Waals surface area contributed by atoms with Crippen LogP contribution >= 0.6 is 0 Å². The van der Waals surface area contributed by atoms with Crippen molar-refractivity contribution in [1.82, 2.24) is 0 Å². The Labute approximate surface area is 125 Å². The first kappa shape index (κ1) is 15.8. The van der Waals surface area contributed by atoms with E-state index in [0.29, 0.717) is 11.6 Å². The Morgan fingerprint density at radius 1 is 1.38 bits per heavy atom. The first-order valence-corrected chi connectivity index (χ1v) is 7.69. The van der Waals surface area contributed by atoms with Gasteiger partial charge in [-0.05, 0) is 48.8 Å². The summed E-state index contributed by atoms with van der Waals surface area (Å²) in [4.78, 5) is 10.8. The molecule has 21 heavy (non-hydrogen) atoms. The summed E-state index contributed by atoms with van der Waals surface area (Å²) in [5, 5.41) is 12.1. The number of anilines is 1. The highest BCUT2D eigenvalue weighted by Gasteiger charge is 2.34. The third-order valence-electron chi connectivity index (χ3n) is 4.38. The minimum Gasteiger partial charge on any atom is -0.478 e. The Bertz CT molecular complexity index is 508. The van der Waals surface area contributed by atoms with E-state index < -0.39 is 11.8 Å². The van der Waals surface area contributed by atoms with Gasteiger partial charge in [-0.2, -0.15) is 0 Å². The number of nitrogens with one attached hydrogen (secondary N) is 1. The van der Waals surface area contributed by atoms with Crippen LogP contribution in [0.1, 0.15) is 56.3 Å². The molecule has 2 rings (SSSR count). The van der Waals surface area contributed by atoms with E-state index in [1.165, 1.54) is 37.8 Å². The van der Waals surface area contributed by atoms with Crippen LogP contribution in [-0.4, -0.2) is 17.6 Å². The van der Waals surface area contributed by atoms with Gasteiger partial charge in [0, 0.05) is 6.54 Å². The zero-order chi connectivity index (χ0) is 15.5. The number of benzene rings is 1. The summed E-state index contributed by atoms with van der Waals surface area (Å²) in [5.74, 6) is -0.968. The summed E-state index contributed by atoms with van der Waals surface area (Å²) in [5.41, 5.74) is 0.636. The third kappa shape index (κ3) is 3.96. The van der Waals surface area contributed by atoms with E-state index in [9.17, 15) is 9.18 Å². The van der Waals surface area contributed by atoms with Gasteiger partial charge >= 0.3 is 5.97 Å². The Hall–Kier alpha value is -1.58. The molecule has 116 valence electrons. The van der Waals surface area contributed by atoms with E-state index in [-0.39, 0.29) is 11.0 Å². The van der Waals surface area contributed by atoms with Gasteiger partial charge in [0.2, 0.25) is 0 Å². The number of carbonyl (C=O) groups is 1. The number of halogens is 1. The molecule has 0 amide bonds. The molecule has 0 aliphatic heterocycles. The molecule has 0 spiro atoms. The van der Waals surface area contributed by atoms with Crippen molar-refractivity contribution in [1.29, 1.82) is 0 Å². The molecule has 1 saturated carbocycles. The molecule has 1 aliphatic carbocycles. The minimum atomic E-state index is -1.10. The number of aromatic carboxylic acids is 1. The highest BCUT2D eigenvalue weighted by Crippen LogP contribution is 2.43. The molecule has 0 atom stereocenters. The average Bonchev–Trinajstić information content (AvgIpc) is 2.85. The number of hydrogen-bond acceptors (Lipinski definition) is 2. The Morgan fingerprint density at radius 2 is 2.05 bits per heavy atom. The topological polar surface area (TPSA) is 49.3 Å². The van der Waals surface area contributed by atoms with Gasteiger partial charge in [0.05, 0.1) is 11.3 Å². The molecule has 0 heterocycles. The molecule has 0 bridgehead atoms. The molecule has 4 heteroatoms. The summed E-state index contributed by atoms with van der Waals surface area (Å²) in [6.07, 6.45) is 6.01. The maximum absolute atomic E-state index is 13.9. The fourth-order valence-corrected chi connectivity index (χ4v) is 3.52. The van der Waals surface area contributed by atoms with Crippen LogP contribution in [-0.2, 0) is 0 Å². The van der Waals surface area contributed by atoms with E-state index >= 15 is 0 Å². The van der Waals surface area contributed by atoms with Crippen LogP contribution in [0.3, 0.4) is 0 Å². The second-order valence-corrected chi connectivity index (χ2v) is 6.66. The van der Waals surface area contributed by atoms with Crippen molar-refractivity contribution in [2.45, 2.75) is 46.0 Å². The van der Waals surface area contributed by atoms with Crippen LogP contribution in [0.4, 0.5) is 10.1 Å². The van der Waals surface area contributed by atoms with Gasteiger partial charge in [0.25, 0.3) is 0 Å². The first-order valence-electron chi connectivity index (χ1n) is 7.69. The van der Waals surface area contributed by atoms with Crippen LogP contribution < -0.4 is 5.32 Å². The van der Waals surface area contributed by atoms with Crippen molar-refractivity contribution in [3.8, 4) is 0 Å². The molecule has 1 aromatic carbocycles.